The highest BCUT2D eigenvalue weighted by atomic mass is 32.1. The number of hydrogen-bond donors (Lipinski definition) is 1. The fourth-order valence-electron chi connectivity index (χ4n) is 2.22. The summed E-state index contributed by atoms with van der Waals surface area (Å²) in [6.45, 7) is 0. The summed E-state index contributed by atoms with van der Waals surface area (Å²) in [5.41, 5.74) is 4.25. The van der Waals surface area contributed by atoms with Gasteiger partial charge in [-0.1, -0.05) is 24.3 Å². The van der Waals surface area contributed by atoms with Crippen molar-refractivity contribution in [2.75, 3.05) is 0 Å². The average molecular weight is 245 g/mol. The van der Waals surface area contributed by atoms with E-state index in [-0.39, 0.29) is 0 Å². The quantitative estimate of drug-likeness (QED) is 0.896. The maximum absolute atomic E-state index is 10.3. The first-order valence-electron chi connectivity index (χ1n) is 5.99. The van der Waals surface area contributed by atoms with Gasteiger partial charge in [0.2, 0.25) is 0 Å². The smallest absolute Gasteiger partial charge is 0.0841 e. The summed E-state index contributed by atoms with van der Waals surface area (Å²) in [5, 5.41) is 10.3. The van der Waals surface area contributed by atoms with Gasteiger partial charge in [-0.2, -0.15) is 0 Å². The van der Waals surface area contributed by atoms with E-state index < -0.39 is 6.10 Å². The summed E-state index contributed by atoms with van der Waals surface area (Å²) < 4.78 is 0. The Morgan fingerprint density at radius 2 is 2.18 bits per heavy atom. The number of nitrogens with zero attached hydrogens (tertiary/aromatic N) is 1. The van der Waals surface area contributed by atoms with Gasteiger partial charge in [-0.15, -0.1) is 11.3 Å². The van der Waals surface area contributed by atoms with Gasteiger partial charge >= 0.3 is 0 Å². The summed E-state index contributed by atoms with van der Waals surface area (Å²) in [7, 11) is 0. The van der Waals surface area contributed by atoms with Gasteiger partial charge in [0, 0.05) is 17.5 Å². The van der Waals surface area contributed by atoms with Crippen molar-refractivity contribution in [2.45, 2.75) is 31.3 Å². The molecule has 1 aromatic heterocycles. The molecule has 1 heterocycles. The van der Waals surface area contributed by atoms with E-state index in [0.717, 1.165) is 10.4 Å². The second-order valence-corrected chi connectivity index (χ2v) is 5.56. The molecule has 0 aliphatic heterocycles. The first kappa shape index (κ1) is 10.9. The van der Waals surface area contributed by atoms with Crippen molar-refractivity contribution in [3.05, 3.63) is 52.0 Å². The molecular weight excluding hydrogens is 230 g/mol. The van der Waals surface area contributed by atoms with Crippen LogP contribution >= 0.6 is 11.3 Å². The third kappa shape index (κ3) is 2.40. The van der Waals surface area contributed by atoms with E-state index in [2.05, 4.69) is 23.2 Å². The lowest BCUT2D eigenvalue weighted by molar-refractivity contribution is 0.178. The Morgan fingerprint density at radius 1 is 1.35 bits per heavy atom. The normalized spacial score (nSPS) is 17.0. The number of rotatable bonds is 4. The second-order valence-electron chi connectivity index (χ2n) is 4.59. The number of benzene rings is 1. The van der Waals surface area contributed by atoms with Gasteiger partial charge in [0.05, 0.1) is 11.6 Å². The predicted molar refractivity (Wildman–Crippen MR) is 69.2 cm³/mol. The molecule has 1 aromatic carbocycles. The minimum absolute atomic E-state index is 0.396. The molecule has 0 saturated heterocycles. The van der Waals surface area contributed by atoms with Crippen LogP contribution in [0.1, 0.15) is 40.9 Å². The third-order valence-electron chi connectivity index (χ3n) is 3.25. The highest BCUT2D eigenvalue weighted by Gasteiger charge is 2.27. The summed E-state index contributed by atoms with van der Waals surface area (Å²) >= 11 is 1.60. The third-order valence-corrected chi connectivity index (χ3v) is 4.05. The van der Waals surface area contributed by atoms with Crippen molar-refractivity contribution in [1.82, 2.24) is 4.98 Å². The largest absolute Gasteiger partial charge is 0.388 e. The Bertz CT molecular complexity index is 491. The van der Waals surface area contributed by atoms with E-state index in [1.165, 1.54) is 18.4 Å². The van der Waals surface area contributed by atoms with Crippen LogP contribution in [0.25, 0.3) is 0 Å². The van der Waals surface area contributed by atoms with E-state index >= 15 is 0 Å². The zero-order valence-electron chi connectivity index (χ0n) is 9.54. The fourth-order valence-corrected chi connectivity index (χ4v) is 2.86. The van der Waals surface area contributed by atoms with Crippen molar-refractivity contribution in [2.24, 2.45) is 0 Å². The van der Waals surface area contributed by atoms with Crippen LogP contribution in [0.3, 0.4) is 0 Å². The van der Waals surface area contributed by atoms with Crippen LogP contribution in [0.4, 0.5) is 0 Å². The fraction of sp³-hybridized carbons (Fsp3) is 0.357. The first-order chi connectivity index (χ1) is 8.34. The molecule has 1 atom stereocenters. The van der Waals surface area contributed by atoms with Gasteiger partial charge in [-0.25, -0.2) is 0 Å². The number of thiazole rings is 1. The molecule has 3 rings (SSSR count). The number of aliphatic hydroxyl groups is 1. The van der Waals surface area contributed by atoms with Crippen LogP contribution in [0, 0.1) is 0 Å². The topological polar surface area (TPSA) is 33.1 Å². The van der Waals surface area contributed by atoms with E-state index in [1.54, 1.807) is 11.3 Å². The second kappa shape index (κ2) is 4.59. The minimum Gasteiger partial charge on any atom is -0.388 e. The zero-order valence-corrected chi connectivity index (χ0v) is 10.4. The first-order valence-corrected chi connectivity index (χ1v) is 6.87. The zero-order chi connectivity index (χ0) is 11.7. The maximum Gasteiger partial charge on any atom is 0.0841 e. The SMILES string of the molecule is OC(Cc1cncs1)c1ccccc1C1CC1. The van der Waals surface area contributed by atoms with Gasteiger partial charge in [0.25, 0.3) is 0 Å². The van der Waals surface area contributed by atoms with E-state index in [4.69, 9.17) is 0 Å². The monoisotopic (exact) mass is 245 g/mol. The molecule has 1 aliphatic rings. The van der Waals surface area contributed by atoms with Gasteiger partial charge in [0.1, 0.15) is 0 Å². The van der Waals surface area contributed by atoms with Crippen molar-refractivity contribution in [1.29, 1.82) is 0 Å². The highest BCUT2D eigenvalue weighted by molar-refractivity contribution is 7.09. The van der Waals surface area contributed by atoms with Crippen LogP contribution in [0.15, 0.2) is 36.0 Å². The van der Waals surface area contributed by atoms with Crippen LogP contribution in [-0.2, 0) is 6.42 Å². The summed E-state index contributed by atoms with van der Waals surface area (Å²) in [6, 6.07) is 8.29. The molecule has 3 heteroatoms. The molecule has 0 spiro atoms. The molecule has 88 valence electrons. The Morgan fingerprint density at radius 3 is 2.88 bits per heavy atom. The lowest BCUT2D eigenvalue weighted by atomic mass is 9.97. The average Bonchev–Trinajstić information content (AvgIpc) is 3.08. The van der Waals surface area contributed by atoms with E-state index in [1.807, 2.05) is 17.8 Å². The summed E-state index contributed by atoms with van der Waals surface area (Å²) in [5.74, 6) is 0.683. The molecule has 0 amide bonds. The van der Waals surface area contributed by atoms with Gasteiger partial charge in [-0.3, -0.25) is 4.98 Å². The number of hydrogen-bond acceptors (Lipinski definition) is 3. The molecule has 17 heavy (non-hydrogen) atoms. The Kier molecular flexibility index (Phi) is 2.95. The van der Waals surface area contributed by atoms with E-state index in [0.29, 0.717) is 12.3 Å². The number of aliphatic hydroxyl groups excluding tert-OH is 1. The highest BCUT2D eigenvalue weighted by Crippen LogP contribution is 2.43. The molecular formula is C14H15NOS. The molecule has 1 aliphatic carbocycles. The molecule has 1 fully saturated rings. The van der Waals surface area contributed by atoms with Gasteiger partial charge in [-0.05, 0) is 29.9 Å². The van der Waals surface area contributed by atoms with Gasteiger partial charge < -0.3 is 5.11 Å². The summed E-state index contributed by atoms with van der Waals surface area (Å²) in [6.07, 6.45) is 4.66. The predicted octanol–water partition coefficient (Wildman–Crippen LogP) is 3.30. The van der Waals surface area contributed by atoms with E-state index in [9.17, 15) is 5.11 Å². The minimum atomic E-state index is -0.396. The lowest BCUT2D eigenvalue weighted by Gasteiger charge is -2.14. The molecule has 1 saturated carbocycles. The molecule has 2 nitrogen and oxygen atoms in total. The number of aromatic nitrogens is 1. The molecule has 2 aromatic rings. The van der Waals surface area contributed by atoms with Crippen molar-refractivity contribution < 1.29 is 5.11 Å². The molecule has 0 radical (unpaired) electrons. The van der Waals surface area contributed by atoms with Crippen molar-refractivity contribution in [3.63, 3.8) is 0 Å². The van der Waals surface area contributed by atoms with Gasteiger partial charge in [0.15, 0.2) is 0 Å². The van der Waals surface area contributed by atoms with Crippen LogP contribution in [0.5, 0.6) is 0 Å². The standard InChI is InChI=1S/C14H15NOS/c16-14(7-11-8-15-9-17-11)13-4-2-1-3-12(13)10-5-6-10/h1-4,8-10,14,16H,5-7H2. The summed E-state index contributed by atoms with van der Waals surface area (Å²) in [4.78, 5) is 5.19. The van der Waals surface area contributed by atoms with Crippen LogP contribution in [-0.4, -0.2) is 10.1 Å². The lowest BCUT2D eigenvalue weighted by Crippen LogP contribution is -2.04. The Balaban J connectivity index is 1.83. The van der Waals surface area contributed by atoms with Crippen LogP contribution in [0.2, 0.25) is 0 Å². The maximum atomic E-state index is 10.3. The molecule has 1 N–H and O–H groups in total. The Hall–Kier alpha value is -1.19. The molecule has 1 unspecified atom stereocenters. The van der Waals surface area contributed by atoms with Crippen molar-refractivity contribution in [3.8, 4) is 0 Å². The van der Waals surface area contributed by atoms with Crippen molar-refractivity contribution >= 4 is 11.3 Å². The molecule has 0 bridgehead atoms. The Labute approximate surface area is 105 Å². The van der Waals surface area contributed by atoms with Crippen LogP contribution < -0.4 is 0 Å².